The highest BCUT2D eigenvalue weighted by Crippen LogP contribution is 2.34. The number of hydrogen-bond acceptors (Lipinski definition) is 5. The van der Waals surface area contributed by atoms with Crippen molar-refractivity contribution < 1.29 is 23.4 Å². The summed E-state index contributed by atoms with van der Waals surface area (Å²) in [4.78, 5) is 13.9. The van der Waals surface area contributed by atoms with Crippen LogP contribution in [-0.4, -0.2) is 32.3 Å². The number of aryl methyl sites for hydroxylation is 1. The predicted octanol–water partition coefficient (Wildman–Crippen LogP) is 5.96. The van der Waals surface area contributed by atoms with Gasteiger partial charge in [0.15, 0.2) is 0 Å². The lowest BCUT2D eigenvalue weighted by molar-refractivity contribution is 0.103. The van der Waals surface area contributed by atoms with Gasteiger partial charge in [0.1, 0.15) is 17.3 Å². The van der Waals surface area contributed by atoms with E-state index in [0.29, 0.717) is 22.4 Å². The number of nitrogens with zero attached hydrogens (tertiary/aromatic N) is 3. The normalized spacial score (nSPS) is 11.4. The number of anilines is 1. The second-order valence-corrected chi connectivity index (χ2v) is 9.11. The largest absolute Gasteiger partial charge is 0.508 e. The van der Waals surface area contributed by atoms with Gasteiger partial charge in [-0.05, 0) is 49.2 Å². The topological polar surface area (TPSA) is 95.3 Å². The van der Waals surface area contributed by atoms with Crippen molar-refractivity contribution >= 4 is 22.5 Å². The zero-order valence-electron chi connectivity index (χ0n) is 21.1. The SMILES string of the molecule is COc1ccc(Cn2c(C(=O)c3cnn(-c4c(C)ccc(O)c4C)c3N)cc3cccc(C(F)F)c32)cc1. The Bertz CT molecular complexity index is 1670. The maximum absolute atomic E-state index is 14.0. The van der Waals surface area contributed by atoms with E-state index in [4.69, 9.17) is 10.5 Å². The van der Waals surface area contributed by atoms with Crippen LogP contribution in [0.4, 0.5) is 14.6 Å². The molecule has 38 heavy (non-hydrogen) atoms. The minimum atomic E-state index is -2.73. The quantitative estimate of drug-likeness (QED) is 0.261. The zero-order chi connectivity index (χ0) is 27.1. The lowest BCUT2D eigenvalue weighted by Crippen LogP contribution is -2.14. The van der Waals surface area contributed by atoms with Crippen LogP contribution in [-0.2, 0) is 6.54 Å². The Morgan fingerprint density at radius 2 is 1.84 bits per heavy atom. The number of alkyl halides is 2. The highest BCUT2D eigenvalue weighted by molar-refractivity contribution is 6.13. The molecular formula is C29H26F2N4O3. The van der Waals surface area contributed by atoms with Gasteiger partial charge in [0.25, 0.3) is 6.43 Å². The van der Waals surface area contributed by atoms with Crippen LogP contribution in [0.1, 0.15) is 44.7 Å². The zero-order valence-corrected chi connectivity index (χ0v) is 21.1. The number of nitrogen functional groups attached to an aromatic ring is 1. The molecule has 0 aliphatic heterocycles. The van der Waals surface area contributed by atoms with Gasteiger partial charge in [-0.15, -0.1) is 0 Å². The number of aromatic hydroxyl groups is 1. The molecule has 0 amide bonds. The number of phenols is 1. The molecule has 9 heteroatoms. The van der Waals surface area contributed by atoms with E-state index in [0.717, 1.165) is 11.1 Å². The Morgan fingerprint density at radius 3 is 2.53 bits per heavy atom. The van der Waals surface area contributed by atoms with E-state index in [1.165, 1.54) is 16.9 Å². The number of aromatic nitrogens is 3. The van der Waals surface area contributed by atoms with E-state index >= 15 is 0 Å². The Kier molecular flexibility index (Phi) is 6.36. The molecule has 0 aliphatic carbocycles. The summed E-state index contributed by atoms with van der Waals surface area (Å²) in [5, 5.41) is 15.1. The van der Waals surface area contributed by atoms with E-state index in [-0.39, 0.29) is 40.4 Å². The van der Waals surface area contributed by atoms with Crippen molar-refractivity contribution in [2.75, 3.05) is 12.8 Å². The molecule has 5 rings (SSSR count). The van der Waals surface area contributed by atoms with E-state index in [2.05, 4.69) is 5.10 Å². The number of hydrogen-bond donors (Lipinski definition) is 2. The summed E-state index contributed by atoms with van der Waals surface area (Å²) in [5.41, 5.74) is 9.63. The molecule has 5 aromatic rings. The van der Waals surface area contributed by atoms with Crippen LogP contribution in [0, 0.1) is 13.8 Å². The molecule has 194 valence electrons. The first-order valence-corrected chi connectivity index (χ1v) is 11.9. The molecule has 2 aromatic heterocycles. The number of fused-ring (bicyclic) bond motifs is 1. The number of para-hydroxylation sites is 1. The molecule has 0 saturated carbocycles. The molecule has 0 aliphatic rings. The van der Waals surface area contributed by atoms with Crippen molar-refractivity contribution in [2.45, 2.75) is 26.8 Å². The molecule has 0 fully saturated rings. The van der Waals surface area contributed by atoms with Crippen LogP contribution in [0.3, 0.4) is 0 Å². The van der Waals surface area contributed by atoms with Crippen LogP contribution in [0.5, 0.6) is 11.5 Å². The fourth-order valence-corrected chi connectivity index (χ4v) is 4.80. The third-order valence-corrected chi connectivity index (χ3v) is 6.79. The number of nitrogens with two attached hydrogens (primary N) is 1. The molecular weight excluding hydrogens is 490 g/mol. The maximum atomic E-state index is 14.0. The monoisotopic (exact) mass is 516 g/mol. The summed E-state index contributed by atoms with van der Waals surface area (Å²) in [5.74, 6) is 0.372. The molecule has 0 saturated heterocycles. The van der Waals surface area contributed by atoms with Crippen molar-refractivity contribution in [3.8, 4) is 17.2 Å². The number of halogens is 2. The molecule has 3 aromatic carbocycles. The molecule has 7 nitrogen and oxygen atoms in total. The van der Waals surface area contributed by atoms with E-state index in [1.807, 2.05) is 19.1 Å². The van der Waals surface area contributed by atoms with Gasteiger partial charge >= 0.3 is 0 Å². The molecule has 2 heterocycles. The first kappa shape index (κ1) is 25.0. The lowest BCUT2D eigenvalue weighted by Gasteiger charge is -2.14. The first-order chi connectivity index (χ1) is 18.2. The van der Waals surface area contributed by atoms with E-state index in [9.17, 15) is 18.7 Å². The lowest BCUT2D eigenvalue weighted by atomic mass is 10.1. The Morgan fingerprint density at radius 1 is 1.11 bits per heavy atom. The minimum Gasteiger partial charge on any atom is -0.508 e. The van der Waals surface area contributed by atoms with E-state index in [1.54, 1.807) is 61.1 Å². The van der Waals surface area contributed by atoms with Crippen LogP contribution >= 0.6 is 0 Å². The number of rotatable bonds is 7. The summed E-state index contributed by atoms with van der Waals surface area (Å²) in [6.45, 7) is 3.76. The van der Waals surface area contributed by atoms with Crippen molar-refractivity contribution in [1.29, 1.82) is 0 Å². The number of ketones is 1. The predicted molar refractivity (Wildman–Crippen MR) is 142 cm³/mol. The summed E-state index contributed by atoms with van der Waals surface area (Å²) in [7, 11) is 1.56. The van der Waals surface area contributed by atoms with Crippen molar-refractivity contribution in [2.24, 2.45) is 0 Å². The van der Waals surface area contributed by atoms with Gasteiger partial charge in [0.05, 0.1) is 35.8 Å². The number of methoxy groups -OCH3 is 1. The summed E-state index contributed by atoms with van der Waals surface area (Å²) < 4.78 is 36.3. The third kappa shape index (κ3) is 4.15. The minimum absolute atomic E-state index is 0.0764. The standard InChI is InChI=1S/C29H26F2N4O3/c1-16-7-12-24(36)17(2)25(16)35-29(32)22(14-33-35)27(37)23-13-19-5-4-6-21(28(30)31)26(19)34(23)15-18-8-10-20(38-3)11-9-18/h4-14,28,36H,15,32H2,1-3H3. The molecule has 0 radical (unpaired) electrons. The van der Waals surface area contributed by atoms with Gasteiger partial charge in [-0.1, -0.05) is 36.4 Å². The average Bonchev–Trinajstić information content (AvgIpc) is 3.47. The first-order valence-electron chi connectivity index (χ1n) is 11.9. The number of ether oxygens (including phenoxy) is 1. The second kappa shape index (κ2) is 9.66. The smallest absolute Gasteiger partial charge is 0.265 e. The van der Waals surface area contributed by atoms with Gasteiger partial charge in [-0.3, -0.25) is 4.79 Å². The van der Waals surface area contributed by atoms with Gasteiger partial charge in [-0.25, -0.2) is 13.5 Å². The van der Waals surface area contributed by atoms with Gasteiger partial charge in [0.2, 0.25) is 5.78 Å². The van der Waals surface area contributed by atoms with Gasteiger partial charge < -0.3 is 20.1 Å². The maximum Gasteiger partial charge on any atom is 0.265 e. The molecule has 0 spiro atoms. The van der Waals surface area contributed by atoms with Crippen molar-refractivity contribution in [3.63, 3.8) is 0 Å². The summed E-state index contributed by atoms with van der Waals surface area (Å²) in [6, 6.07) is 16.7. The van der Waals surface area contributed by atoms with Crippen molar-refractivity contribution in [3.05, 3.63) is 100 Å². The van der Waals surface area contributed by atoms with Crippen LogP contribution in [0.25, 0.3) is 16.6 Å². The number of benzene rings is 3. The number of phenolic OH excluding ortho intramolecular Hbond substituents is 1. The van der Waals surface area contributed by atoms with Crippen molar-refractivity contribution in [1.82, 2.24) is 14.3 Å². The Labute approximate surface area is 217 Å². The number of carbonyl (C=O) groups excluding carboxylic acids is 1. The molecule has 0 unspecified atom stereocenters. The summed E-state index contributed by atoms with van der Waals surface area (Å²) >= 11 is 0. The third-order valence-electron chi connectivity index (χ3n) is 6.79. The highest BCUT2D eigenvalue weighted by atomic mass is 19.3. The van der Waals surface area contributed by atoms with Gasteiger partial charge in [-0.2, -0.15) is 5.10 Å². The molecule has 0 bridgehead atoms. The number of carbonyl (C=O) groups is 1. The van der Waals surface area contributed by atoms with E-state index < -0.39 is 12.2 Å². The second-order valence-electron chi connectivity index (χ2n) is 9.11. The van der Waals surface area contributed by atoms with Gasteiger partial charge in [0, 0.05) is 23.1 Å². The van der Waals surface area contributed by atoms with Crippen LogP contribution in [0.2, 0.25) is 0 Å². The fraction of sp³-hybridized carbons (Fsp3) is 0.172. The Balaban J connectivity index is 1.66. The Hall–Kier alpha value is -4.66. The van der Waals surface area contributed by atoms with Crippen LogP contribution in [0.15, 0.2) is 66.9 Å². The summed E-state index contributed by atoms with van der Waals surface area (Å²) in [6.07, 6.45) is -1.36. The molecule has 0 atom stereocenters. The highest BCUT2D eigenvalue weighted by Gasteiger charge is 2.26. The average molecular weight is 517 g/mol. The molecule has 3 N–H and O–H groups in total. The van der Waals surface area contributed by atoms with Crippen LogP contribution < -0.4 is 10.5 Å². The fourth-order valence-electron chi connectivity index (χ4n) is 4.80.